The Balaban J connectivity index is 1.49. The summed E-state index contributed by atoms with van der Waals surface area (Å²) in [5.74, 6) is 0.601. The van der Waals surface area contributed by atoms with Gasteiger partial charge in [-0.05, 0) is 34.2 Å². The number of carbonyl (C=O) groups is 1. The normalized spacial score (nSPS) is 10.7. The third-order valence-electron chi connectivity index (χ3n) is 3.16. The van der Waals surface area contributed by atoms with E-state index >= 15 is 0 Å². The van der Waals surface area contributed by atoms with Gasteiger partial charge in [-0.1, -0.05) is 23.9 Å². The van der Waals surface area contributed by atoms with Crippen molar-refractivity contribution in [2.45, 2.75) is 5.16 Å². The number of H-pyrrole nitrogens is 1. The summed E-state index contributed by atoms with van der Waals surface area (Å²) in [4.78, 5) is 12.1. The molecule has 23 heavy (non-hydrogen) atoms. The van der Waals surface area contributed by atoms with Crippen LogP contribution in [0.2, 0.25) is 0 Å². The molecule has 2 N–H and O–H groups in total. The van der Waals surface area contributed by atoms with Crippen molar-refractivity contribution in [1.29, 1.82) is 0 Å². The highest BCUT2D eigenvalue weighted by molar-refractivity contribution is 7.99. The minimum atomic E-state index is -0.0992. The third-order valence-corrected chi connectivity index (χ3v) is 4.17. The van der Waals surface area contributed by atoms with Gasteiger partial charge in [0.15, 0.2) is 0 Å². The largest absolute Gasteiger partial charge is 0.351 e. The molecule has 0 atom stereocenters. The minimum absolute atomic E-state index is 0.0992. The zero-order chi connectivity index (χ0) is 16.1. The lowest BCUT2D eigenvalue weighted by Gasteiger charge is -2.05. The lowest BCUT2D eigenvalue weighted by Crippen LogP contribution is -2.25. The van der Waals surface area contributed by atoms with E-state index in [1.807, 2.05) is 18.2 Å². The first kappa shape index (κ1) is 15.2. The molecule has 0 radical (unpaired) electrons. The number of rotatable bonds is 6. The van der Waals surface area contributed by atoms with E-state index in [0.717, 1.165) is 16.4 Å². The topological polar surface area (TPSA) is 101 Å². The Morgan fingerprint density at radius 1 is 1.30 bits per heavy atom. The van der Waals surface area contributed by atoms with Gasteiger partial charge < -0.3 is 5.32 Å². The highest BCUT2D eigenvalue weighted by Crippen LogP contribution is 2.16. The number of hydrogen-bond acceptors (Lipinski definition) is 6. The second kappa shape index (κ2) is 7.05. The zero-order valence-corrected chi connectivity index (χ0v) is 13.2. The van der Waals surface area contributed by atoms with Crippen LogP contribution < -0.4 is 5.32 Å². The summed E-state index contributed by atoms with van der Waals surface area (Å²) in [7, 11) is 1.78. The van der Waals surface area contributed by atoms with Gasteiger partial charge >= 0.3 is 0 Å². The van der Waals surface area contributed by atoms with Gasteiger partial charge in [0.2, 0.25) is 5.16 Å². The van der Waals surface area contributed by atoms with Crippen molar-refractivity contribution in [3.63, 3.8) is 0 Å². The van der Waals surface area contributed by atoms with E-state index in [1.165, 1.54) is 11.8 Å². The van der Waals surface area contributed by atoms with Crippen molar-refractivity contribution in [3.05, 3.63) is 42.1 Å². The van der Waals surface area contributed by atoms with Gasteiger partial charge in [0, 0.05) is 31.1 Å². The average molecular weight is 329 g/mol. The van der Waals surface area contributed by atoms with Crippen molar-refractivity contribution in [2.24, 2.45) is 7.05 Å². The van der Waals surface area contributed by atoms with Gasteiger partial charge in [-0.15, -0.1) is 5.10 Å². The predicted molar refractivity (Wildman–Crippen MR) is 85.9 cm³/mol. The number of hydrogen-bond donors (Lipinski definition) is 2. The molecule has 0 fully saturated rings. The van der Waals surface area contributed by atoms with Crippen LogP contribution in [0, 0.1) is 0 Å². The molecule has 0 aliphatic carbocycles. The molecule has 1 amide bonds. The molecule has 9 heteroatoms. The molecule has 118 valence electrons. The molecule has 0 spiro atoms. The summed E-state index contributed by atoms with van der Waals surface area (Å²) in [6.45, 7) is 0.540. The van der Waals surface area contributed by atoms with Gasteiger partial charge in [-0.3, -0.25) is 9.89 Å². The SMILES string of the molecule is Cn1nnnc1SCCNC(=O)c1ccc(-c2ccn[nH]2)cc1. The number of thioether (sulfide) groups is 1. The fourth-order valence-electron chi connectivity index (χ4n) is 1.97. The predicted octanol–water partition coefficient (Wildman–Crippen LogP) is 1.12. The highest BCUT2D eigenvalue weighted by atomic mass is 32.2. The first-order valence-corrected chi connectivity index (χ1v) is 7.96. The number of amides is 1. The molecule has 0 saturated heterocycles. The summed E-state index contributed by atoms with van der Waals surface area (Å²) in [6, 6.07) is 9.26. The first-order chi connectivity index (χ1) is 11.2. The Morgan fingerprint density at radius 3 is 2.78 bits per heavy atom. The molecule has 0 aliphatic rings. The van der Waals surface area contributed by atoms with E-state index in [0.29, 0.717) is 17.9 Å². The lowest BCUT2D eigenvalue weighted by molar-refractivity contribution is 0.0956. The summed E-state index contributed by atoms with van der Waals surface area (Å²) in [5, 5.41) is 21.6. The Hall–Kier alpha value is -2.68. The number of nitrogens with zero attached hydrogens (tertiary/aromatic N) is 5. The maximum Gasteiger partial charge on any atom is 0.251 e. The van der Waals surface area contributed by atoms with Gasteiger partial charge in [0.05, 0.1) is 5.69 Å². The average Bonchev–Trinajstić information content (AvgIpc) is 3.23. The monoisotopic (exact) mass is 329 g/mol. The fraction of sp³-hybridized carbons (Fsp3) is 0.214. The van der Waals surface area contributed by atoms with Crippen molar-refractivity contribution < 1.29 is 4.79 Å². The van der Waals surface area contributed by atoms with Gasteiger partial charge in [-0.2, -0.15) is 5.10 Å². The number of aromatic nitrogens is 6. The first-order valence-electron chi connectivity index (χ1n) is 6.97. The van der Waals surface area contributed by atoms with E-state index in [4.69, 9.17) is 0 Å². The number of benzene rings is 1. The second-order valence-electron chi connectivity index (χ2n) is 4.74. The second-order valence-corrected chi connectivity index (χ2v) is 5.80. The quantitative estimate of drug-likeness (QED) is 0.519. The lowest BCUT2D eigenvalue weighted by atomic mass is 10.1. The fourth-order valence-corrected chi connectivity index (χ4v) is 2.67. The van der Waals surface area contributed by atoms with Crippen LogP contribution in [-0.4, -0.2) is 48.6 Å². The van der Waals surface area contributed by atoms with Gasteiger partial charge in [0.1, 0.15) is 0 Å². The number of aromatic amines is 1. The molecule has 0 bridgehead atoms. The number of aryl methyl sites for hydroxylation is 1. The van der Waals surface area contributed by atoms with Crippen LogP contribution in [0.15, 0.2) is 41.7 Å². The van der Waals surface area contributed by atoms with Crippen LogP contribution in [0.1, 0.15) is 10.4 Å². The van der Waals surface area contributed by atoms with Crippen molar-refractivity contribution in [3.8, 4) is 11.3 Å². The van der Waals surface area contributed by atoms with Gasteiger partial charge in [0.25, 0.3) is 5.91 Å². The van der Waals surface area contributed by atoms with E-state index < -0.39 is 0 Å². The van der Waals surface area contributed by atoms with E-state index in [9.17, 15) is 4.79 Å². The van der Waals surface area contributed by atoms with Crippen LogP contribution in [-0.2, 0) is 7.05 Å². The summed E-state index contributed by atoms with van der Waals surface area (Å²) in [6.07, 6.45) is 1.69. The molecule has 0 unspecified atom stereocenters. The van der Waals surface area contributed by atoms with Crippen LogP contribution in [0.4, 0.5) is 0 Å². The van der Waals surface area contributed by atoms with Gasteiger partial charge in [-0.25, -0.2) is 4.68 Å². The zero-order valence-electron chi connectivity index (χ0n) is 12.4. The standard InChI is InChI=1S/C14H15N7OS/c1-21-14(18-19-20-21)23-9-8-15-13(22)11-4-2-10(3-5-11)12-6-7-16-17-12/h2-7H,8-9H2,1H3,(H,15,22)(H,16,17). The highest BCUT2D eigenvalue weighted by Gasteiger charge is 2.07. The Morgan fingerprint density at radius 2 is 2.13 bits per heavy atom. The summed E-state index contributed by atoms with van der Waals surface area (Å²) >= 11 is 1.49. The minimum Gasteiger partial charge on any atom is -0.351 e. The molecule has 8 nitrogen and oxygen atoms in total. The number of carbonyl (C=O) groups excluding carboxylic acids is 1. The molecule has 3 aromatic rings. The van der Waals surface area contributed by atoms with Crippen molar-refractivity contribution in [1.82, 2.24) is 35.7 Å². The Bertz CT molecular complexity index is 767. The van der Waals surface area contributed by atoms with Crippen LogP contribution in [0.3, 0.4) is 0 Å². The molecule has 1 aromatic carbocycles. The Kier molecular flexibility index (Phi) is 4.67. The molecule has 0 aliphatic heterocycles. The van der Waals surface area contributed by atoms with E-state index in [2.05, 4.69) is 31.0 Å². The van der Waals surface area contributed by atoms with Crippen LogP contribution in [0.5, 0.6) is 0 Å². The molecule has 2 aromatic heterocycles. The Labute approximate surface area is 136 Å². The third kappa shape index (κ3) is 3.75. The maximum absolute atomic E-state index is 12.1. The van der Waals surface area contributed by atoms with Crippen LogP contribution >= 0.6 is 11.8 Å². The van der Waals surface area contributed by atoms with E-state index in [-0.39, 0.29) is 5.91 Å². The number of nitrogens with one attached hydrogen (secondary N) is 2. The molecule has 0 saturated carbocycles. The van der Waals surface area contributed by atoms with Crippen molar-refractivity contribution >= 4 is 17.7 Å². The molecular formula is C14H15N7OS. The smallest absolute Gasteiger partial charge is 0.251 e. The van der Waals surface area contributed by atoms with Crippen LogP contribution in [0.25, 0.3) is 11.3 Å². The number of tetrazole rings is 1. The van der Waals surface area contributed by atoms with E-state index in [1.54, 1.807) is 30.1 Å². The molecule has 2 heterocycles. The van der Waals surface area contributed by atoms with Crippen molar-refractivity contribution in [2.75, 3.05) is 12.3 Å². The summed E-state index contributed by atoms with van der Waals surface area (Å²) < 4.78 is 1.60. The molecule has 3 rings (SSSR count). The maximum atomic E-state index is 12.1. The molecular weight excluding hydrogens is 314 g/mol. The summed E-state index contributed by atoms with van der Waals surface area (Å²) in [5.41, 5.74) is 2.54.